The van der Waals surface area contributed by atoms with Crippen LogP contribution in [0.25, 0.3) is 0 Å². The van der Waals surface area contributed by atoms with Gasteiger partial charge in [-0.3, -0.25) is 9.69 Å². The summed E-state index contributed by atoms with van der Waals surface area (Å²) < 4.78 is 4.99. The van der Waals surface area contributed by atoms with Crippen molar-refractivity contribution in [1.82, 2.24) is 15.1 Å². The van der Waals surface area contributed by atoms with Gasteiger partial charge in [-0.05, 0) is 38.8 Å². The normalized spacial score (nSPS) is 23.4. The Morgan fingerprint density at radius 3 is 2.42 bits per heavy atom. The third-order valence-corrected chi connectivity index (χ3v) is 4.10. The van der Waals surface area contributed by atoms with E-state index in [0.29, 0.717) is 13.2 Å². The molecule has 2 heterocycles. The van der Waals surface area contributed by atoms with Crippen LogP contribution in [-0.2, 0) is 9.53 Å². The molecular weight excluding hydrogens is 242 g/mol. The van der Waals surface area contributed by atoms with Crippen molar-refractivity contribution in [3.8, 4) is 0 Å². The number of nitrogens with zero attached hydrogens (tertiary/aromatic N) is 2. The summed E-state index contributed by atoms with van der Waals surface area (Å²) in [7, 11) is 0. The van der Waals surface area contributed by atoms with Crippen molar-refractivity contribution < 1.29 is 9.53 Å². The lowest BCUT2D eigenvalue weighted by atomic mass is 9.97. The molecule has 0 spiro atoms. The number of nitrogens with one attached hydrogen (secondary N) is 1. The van der Waals surface area contributed by atoms with E-state index in [1.54, 1.807) is 0 Å². The summed E-state index contributed by atoms with van der Waals surface area (Å²) in [5.41, 5.74) is 0. The summed E-state index contributed by atoms with van der Waals surface area (Å²) in [6.07, 6.45) is 2.62. The Kier molecular flexibility index (Phi) is 6.07. The smallest absolute Gasteiger partial charge is 0.320 e. The van der Waals surface area contributed by atoms with Crippen molar-refractivity contribution in [3.63, 3.8) is 0 Å². The van der Waals surface area contributed by atoms with Gasteiger partial charge in [-0.15, -0.1) is 0 Å². The van der Waals surface area contributed by atoms with Crippen LogP contribution in [0.2, 0.25) is 0 Å². The maximum Gasteiger partial charge on any atom is 0.320 e. The molecule has 0 aliphatic carbocycles. The highest BCUT2D eigenvalue weighted by Crippen LogP contribution is 2.14. The Hall–Kier alpha value is -0.650. The van der Waals surface area contributed by atoms with Crippen molar-refractivity contribution in [2.24, 2.45) is 5.92 Å². The molecule has 2 aliphatic rings. The summed E-state index contributed by atoms with van der Waals surface area (Å²) in [4.78, 5) is 16.2. The fourth-order valence-electron chi connectivity index (χ4n) is 2.95. The van der Waals surface area contributed by atoms with E-state index in [1.807, 2.05) is 6.92 Å². The zero-order chi connectivity index (χ0) is 13.5. The third-order valence-electron chi connectivity index (χ3n) is 4.10. The molecule has 19 heavy (non-hydrogen) atoms. The van der Waals surface area contributed by atoms with Crippen molar-refractivity contribution in [3.05, 3.63) is 0 Å². The van der Waals surface area contributed by atoms with Crippen LogP contribution in [0.4, 0.5) is 0 Å². The van der Waals surface area contributed by atoms with E-state index in [4.69, 9.17) is 4.74 Å². The maximum absolute atomic E-state index is 11.4. The van der Waals surface area contributed by atoms with Gasteiger partial charge in [0, 0.05) is 32.7 Å². The topological polar surface area (TPSA) is 44.8 Å². The number of hydrogen-bond donors (Lipinski definition) is 1. The molecule has 0 amide bonds. The number of piperazine rings is 1. The minimum Gasteiger partial charge on any atom is -0.465 e. The van der Waals surface area contributed by atoms with Crippen LogP contribution in [-0.4, -0.2) is 74.7 Å². The number of piperidine rings is 1. The van der Waals surface area contributed by atoms with Crippen LogP contribution in [0.3, 0.4) is 0 Å². The summed E-state index contributed by atoms with van der Waals surface area (Å²) in [5.74, 6) is 0.771. The van der Waals surface area contributed by atoms with E-state index in [0.717, 1.165) is 32.1 Å². The molecule has 2 fully saturated rings. The second-order valence-electron chi connectivity index (χ2n) is 5.58. The number of ether oxygens (including phenoxy) is 1. The number of hydrogen-bond acceptors (Lipinski definition) is 5. The molecule has 5 heteroatoms. The van der Waals surface area contributed by atoms with E-state index in [1.165, 1.54) is 32.5 Å². The van der Waals surface area contributed by atoms with E-state index < -0.39 is 0 Å². The van der Waals surface area contributed by atoms with Gasteiger partial charge in [-0.2, -0.15) is 0 Å². The van der Waals surface area contributed by atoms with Gasteiger partial charge in [0.25, 0.3) is 0 Å². The van der Waals surface area contributed by atoms with Crippen LogP contribution in [0, 0.1) is 5.92 Å². The van der Waals surface area contributed by atoms with Crippen LogP contribution in [0.15, 0.2) is 0 Å². The molecule has 0 aromatic carbocycles. The highest BCUT2D eigenvalue weighted by atomic mass is 16.5. The largest absolute Gasteiger partial charge is 0.465 e. The summed E-state index contributed by atoms with van der Waals surface area (Å²) in [6, 6.07) is 0. The van der Waals surface area contributed by atoms with E-state index >= 15 is 0 Å². The van der Waals surface area contributed by atoms with Gasteiger partial charge >= 0.3 is 5.97 Å². The standard InChI is InChI=1S/C14H27N3O2/c1-2-19-14(18)12-17-9-7-16(8-10-17)11-13-3-5-15-6-4-13/h13,15H,2-12H2,1H3. The molecule has 0 unspecified atom stereocenters. The lowest BCUT2D eigenvalue weighted by Crippen LogP contribution is -2.49. The van der Waals surface area contributed by atoms with E-state index in [-0.39, 0.29) is 5.97 Å². The molecule has 0 saturated carbocycles. The fourth-order valence-corrected chi connectivity index (χ4v) is 2.95. The van der Waals surface area contributed by atoms with Gasteiger partial charge in [0.15, 0.2) is 0 Å². The molecule has 2 saturated heterocycles. The molecule has 0 aromatic rings. The minimum atomic E-state index is -0.0886. The quantitative estimate of drug-likeness (QED) is 0.721. The molecule has 2 rings (SSSR count). The van der Waals surface area contributed by atoms with Crippen molar-refractivity contribution in [1.29, 1.82) is 0 Å². The summed E-state index contributed by atoms with van der Waals surface area (Å²) in [5, 5.41) is 3.41. The second-order valence-corrected chi connectivity index (χ2v) is 5.58. The lowest BCUT2D eigenvalue weighted by Gasteiger charge is -2.36. The van der Waals surface area contributed by atoms with Crippen LogP contribution < -0.4 is 5.32 Å². The Labute approximate surface area is 116 Å². The number of esters is 1. The molecule has 5 nitrogen and oxygen atoms in total. The molecule has 0 radical (unpaired) electrons. The third kappa shape index (κ3) is 5.09. The zero-order valence-electron chi connectivity index (χ0n) is 12.1. The van der Waals surface area contributed by atoms with Gasteiger partial charge in [0.1, 0.15) is 0 Å². The molecular formula is C14H27N3O2. The Morgan fingerprint density at radius 1 is 1.16 bits per heavy atom. The summed E-state index contributed by atoms with van der Waals surface area (Å²) in [6.45, 7) is 10.5. The first kappa shape index (κ1) is 14.8. The van der Waals surface area contributed by atoms with Crippen molar-refractivity contribution in [2.75, 3.05) is 59.0 Å². The molecule has 110 valence electrons. The molecule has 0 atom stereocenters. The maximum atomic E-state index is 11.4. The van der Waals surface area contributed by atoms with Gasteiger partial charge in [-0.1, -0.05) is 0 Å². The predicted molar refractivity (Wildman–Crippen MR) is 75.1 cm³/mol. The molecule has 0 aromatic heterocycles. The first-order valence-corrected chi connectivity index (χ1v) is 7.59. The number of carbonyl (C=O) groups is 1. The Balaban J connectivity index is 1.63. The average molecular weight is 269 g/mol. The lowest BCUT2D eigenvalue weighted by molar-refractivity contribution is -0.144. The average Bonchev–Trinajstić information content (AvgIpc) is 2.42. The Bertz CT molecular complexity index is 272. The van der Waals surface area contributed by atoms with Crippen molar-refractivity contribution in [2.45, 2.75) is 19.8 Å². The minimum absolute atomic E-state index is 0.0886. The second kappa shape index (κ2) is 7.82. The Morgan fingerprint density at radius 2 is 1.79 bits per heavy atom. The van der Waals surface area contributed by atoms with Gasteiger partial charge in [-0.25, -0.2) is 0 Å². The van der Waals surface area contributed by atoms with Crippen LogP contribution in [0.1, 0.15) is 19.8 Å². The van der Waals surface area contributed by atoms with Gasteiger partial charge < -0.3 is 15.0 Å². The monoisotopic (exact) mass is 269 g/mol. The van der Waals surface area contributed by atoms with Crippen molar-refractivity contribution >= 4 is 5.97 Å². The van der Waals surface area contributed by atoms with Gasteiger partial charge in [0.05, 0.1) is 13.2 Å². The van der Waals surface area contributed by atoms with E-state index in [2.05, 4.69) is 15.1 Å². The fraction of sp³-hybridized carbons (Fsp3) is 0.929. The molecule has 0 bridgehead atoms. The van der Waals surface area contributed by atoms with Gasteiger partial charge in [0.2, 0.25) is 0 Å². The SMILES string of the molecule is CCOC(=O)CN1CCN(CC2CCNCC2)CC1. The zero-order valence-corrected chi connectivity index (χ0v) is 12.1. The highest BCUT2D eigenvalue weighted by molar-refractivity contribution is 5.71. The summed E-state index contributed by atoms with van der Waals surface area (Å²) >= 11 is 0. The van der Waals surface area contributed by atoms with Crippen LogP contribution in [0.5, 0.6) is 0 Å². The first-order chi connectivity index (χ1) is 9.28. The molecule has 2 aliphatic heterocycles. The van der Waals surface area contributed by atoms with E-state index in [9.17, 15) is 4.79 Å². The number of rotatable bonds is 5. The molecule has 1 N–H and O–H groups in total. The first-order valence-electron chi connectivity index (χ1n) is 7.59. The predicted octanol–water partition coefficient (Wildman–Crippen LogP) is 0.167. The highest BCUT2D eigenvalue weighted by Gasteiger charge is 2.22. The number of carbonyl (C=O) groups excluding carboxylic acids is 1. The van der Waals surface area contributed by atoms with Crippen LogP contribution >= 0.6 is 0 Å².